The average molecular weight is 1170 g/mol. The number of fused-ring (bicyclic) bond motifs is 9. The molecule has 13 rings (SSSR count). The van der Waals surface area contributed by atoms with Crippen molar-refractivity contribution in [1.29, 1.82) is 0 Å². The lowest BCUT2D eigenvalue weighted by atomic mass is 9.67. The molecule has 1 aliphatic carbocycles. The van der Waals surface area contributed by atoms with E-state index in [0.717, 1.165) is 67.0 Å². The van der Waals surface area contributed by atoms with E-state index in [4.69, 9.17) is 4.42 Å². The number of benzene rings is 11. The number of hydrogen-bond acceptors (Lipinski definition) is 4. The van der Waals surface area contributed by atoms with Crippen molar-refractivity contribution in [1.82, 2.24) is 0 Å². The standard InChI is InChI=1S/C82H80N2OSSi/c1-53-21-19-23-62(49-53)83(60-39-29-55(30-40-60)79(3,4)5)72-51-70-75(68-26-16-15-25-67(68)72)77-71(82(70,59-37-47-66(48-38-59)87(12,13)14)58-35-45-65(46-36-58)86-64-43-33-57(34-44-64)81(9,10)11)52-73(76-69-27-17-18-28-74(69)85-78(76)77)84(63-24-20-22-54(2)50-63)61-41-31-56(32-42-61)80(6,7)8/h15-52H,1-14H3. The van der Waals surface area contributed by atoms with Crippen LogP contribution < -0.4 is 15.0 Å². The van der Waals surface area contributed by atoms with Crippen LogP contribution in [-0.2, 0) is 21.7 Å². The number of aryl methyl sites for hydroxylation is 2. The van der Waals surface area contributed by atoms with Gasteiger partial charge in [-0.1, -0.05) is 238 Å². The molecule has 0 fully saturated rings. The second-order valence-electron chi connectivity index (χ2n) is 28.4. The highest BCUT2D eigenvalue weighted by molar-refractivity contribution is 7.99. The Bertz CT molecular complexity index is 4570. The van der Waals surface area contributed by atoms with Gasteiger partial charge in [-0.2, -0.15) is 0 Å². The number of hydrogen-bond donors (Lipinski definition) is 0. The highest BCUT2D eigenvalue weighted by Crippen LogP contribution is 2.64. The van der Waals surface area contributed by atoms with Gasteiger partial charge in [0.05, 0.1) is 30.2 Å². The van der Waals surface area contributed by atoms with E-state index in [1.807, 2.05) is 11.8 Å². The molecule has 3 nitrogen and oxygen atoms in total. The van der Waals surface area contributed by atoms with Crippen molar-refractivity contribution in [2.24, 2.45) is 0 Å². The molecule has 1 atom stereocenters. The SMILES string of the molecule is Cc1cccc(N(c2ccc(C(C)(C)C)cc2)c2cc3c(c4ccccc24)-c2c(cc(N(c4ccc(C(C)(C)C)cc4)c4cccc(C)c4)c4c2oc2ccccc24)C3(c2ccc(Sc3ccc(C(C)(C)C)cc3)cc2)c2ccc([Si](C)(C)C)cc2)c1. The Balaban J connectivity index is 1.19. The zero-order valence-corrected chi connectivity index (χ0v) is 55.0. The molecular formula is C82H80N2OSSi. The summed E-state index contributed by atoms with van der Waals surface area (Å²) in [6, 6.07) is 88.1. The van der Waals surface area contributed by atoms with Crippen molar-refractivity contribution < 1.29 is 4.42 Å². The van der Waals surface area contributed by atoms with E-state index in [2.05, 4.69) is 336 Å². The molecule has 5 heteroatoms. The first-order valence-corrected chi connectivity index (χ1v) is 35.3. The molecule has 0 saturated carbocycles. The molecule has 0 bridgehead atoms. The Morgan fingerprint density at radius 3 is 1.31 bits per heavy atom. The van der Waals surface area contributed by atoms with Crippen molar-refractivity contribution in [3.8, 4) is 11.1 Å². The van der Waals surface area contributed by atoms with Gasteiger partial charge in [-0.25, -0.2) is 0 Å². The van der Waals surface area contributed by atoms with E-state index in [1.165, 1.54) is 76.0 Å². The first-order chi connectivity index (χ1) is 41.5. The van der Waals surface area contributed by atoms with Crippen LogP contribution >= 0.6 is 11.8 Å². The fourth-order valence-electron chi connectivity index (χ4n) is 13.4. The van der Waals surface area contributed by atoms with Gasteiger partial charge in [0.25, 0.3) is 0 Å². The summed E-state index contributed by atoms with van der Waals surface area (Å²) in [5.41, 5.74) is 20.8. The Labute approximate surface area is 521 Å². The van der Waals surface area contributed by atoms with Gasteiger partial charge < -0.3 is 14.2 Å². The highest BCUT2D eigenvalue weighted by Gasteiger charge is 2.50. The van der Waals surface area contributed by atoms with Crippen LogP contribution in [0.1, 0.15) is 112 Å². The minimum Gasteiger partial charge on any atom is -0.455 e. The molecule has 1 aliphatic rings. The molecule has 1 heterocycles. The topological polar surface area (TPSA) is 19.6 Å². The van der Waals surface area contributed by atoms with Gasteiger partial charge in [0.2, 0.25) is 0 Å². The van der Waals surface area contributed by atoms with Crippen LogP contribution in [0.2, 0.25) is 19.6 Å². The van der Waals surface area contributed by atoms with Crippen LogP contribution in [0.15, 0.2) is 245 Å². The number of furan rings is 1. The van der Waals surface area contributed by atoms with Crippen molar-refractivity contribution >= 4 is 91.9 Å². The number of anilines is 6. The Morgan fingerprint density at radius 1 is 0.391 bits per heavy atom. The summed E-state index contributed by atoms with van der Waals surface area (Å²) < 4.78 is 7.63. The van der Waals surface area contributed by atoms with Crippen LogP contribution in [0.5, 0.6) is 0 Å². The largest absolute Gasteiger partial charge is 0.455 e. The predicted octanol–water partition coefficient (Wildman–Crippen LogP) is 23.2. The summed E-state index contributed by atoms with van der Waals surface area (Å²) in [6.45, 7) is 32.4. The summed E-state index contributed by atoms with van der Waals surface area (Å²) >= 11 is 1.82. The number of rotatable bonds is 11. The maximum atomic E-state index is 7.63. The molecule has 0 spiro atoms. The highest BCUT2D eigenvalue weighted by atomic mass is 32.2. The smallest absolute Gasteiger partial charge is 0.145 e. The van der Waals surface area contributed by atoms with Crippen molar-refractivity contribution in [2.75, 3.05) is 9.80 Å². The maximum Gasteiger partial charge on any atom is 0.145 e. The molecule has 434 valence electrons. The van der Waals surface area contributed by atoms with Crippen molar-refractivity contribution in [3.63, 3.8) is 0 Å². The van der Waals surface area contributed by atoms with Gasteiger partial charge in [0.15, 0.2) is 0 Å². The van der Waals surface area contributed by atoms with Gasteiger partial charge in [-0.05, 0) is 182 Å². The van der Waals surface area contributed by atoms with Crippen molar-refractivity contribution in [3.05, 3.63) is 281 Å². The quantitative estimate of drug-likeness (QED) is 0.120. The van der Waals surface area contributed by atoms with Gasteiger partial charge in [-0.15, -0.1) is 0 Å². The summed E-state index contributed by atoms with van der Waals surface area (Å²) in [7, 11) is -1.76. The minimum atomic E-state index is -1.76. The van der Waals surface area contributed by atoms with Crippen LogP contribution in [0.3, 0.4) is 0 Å². The first kappa shape index (κ1) is 57.7. The second kappa shape index (κ2) is 21.5. The molecular weight excluding hydrogens is 1090 g/mol. The third kappa shape index (κ3) is 10.3. The lowest BCUT2D eigenvalue weighted by Gasteiger charge is -2.36. The zero-order chi connectivity index (χ0) is 61.0. The lowest BCUT2D eigenvalue weighted by Crippen LogP contribution is -2.38. The normalized spacial score (nSPS) is 14.4. The van der Waals surface area contributed by atoms with Crippen LogP contribution in [-0.4, -0.2) is 8.07 Å². The second-order valence-corrected chi connectivity index (χ2v) is 34.6. The lowest BCUT2D eigenvalue weighted by molar-refractivity contribution is 0.589. The summed E-state index contributed by atoms with van der Waals surface area (Å²) in [5.74, 6) is 0. The van der Waals surface area contributed by atoms with Gasteiger partial charge in [-0.3, -0.25) is 0 Å². The Hall–Kier alpha value is -8.35. The molecule has 11 aromatic carbocycles. The molecule has 0 radical (unpaired) electrons. The molecule has 0 saturated heterocycles. The number of nitrogens with zero attached hydrogens (tertiary/aromatic N) is 2. The zero-order valence-electron chi connectivity index (χ0n) is 53.2. The first-order valence-electron chi connectivity index (χ1n) is 31.0. The summed E-state index contributed by atoms with van der Waals surface area (Å²) in [4.78, 5) is 7.42. The van der Waals surface area contributed by atoms with E-state index in [-0.39, 0.29) is 16.2 Å². The van der Waals surface area contributed by atoms with E-state index >= 15 is 0 Å². The van der Waals surface area contributed by atoms with Gasteiger partial charge in [0.1, 0.15) is 11.2 Å². The van der Waals surface area contributed by atoms with Crippen LogP contribution in [0.25, 0.3) is 43.8 Å². The monoisotopic (exact) mass is 1170 g/mol. The fourth-order valence-corrected chi connectivity index (χ4v) is 15.4. The molecule has 0 amide bonds. The molecule has 0 aliphatic heterocycles. The molecule has 87 heavy (non-hydrogen) atoms. The molecule has 1 aromatic heterocycles. The fraction of sp³-hybridized carbons (Fsp3) is 0.220. The minimum absolute atomic E-state index is 0.0139. The van der Waals surface area contributed by atoms with E-state index in [0.29, 0.717) is 0 Å². The molecule has 12 aromatic rings. The van der Waals surface area contributed by atoms with E-state index in [1.54, 1.807) is 0 Å². The summed E-state index contributed by atoms with van der Waals surface area (Å²) in [5, 5.41) is 5.91. The van der Waals surface area contributed by atoms with Gasteiger partial charge in [0, 0.05) is 48.9 Å². The molecule has 1 unspecified atom stereocenters. The van der Waals surface area contributed by atoms with Crippen molar-refractivity contribution in [2.45, 2.75) is 127 Å². The maximum absolute atomic E-state index is 7.63. The molecule has 0 N–H and O–H groups in total. The van der Waals surface area contributed by atoms with Gasteiger partial charge >= 0.3 is 0 Å². The predicted molar refractivity (Wildman–Crippen MR) is 377 cm³/mol. The van der Waals surface area contributed by atoms with Crippen LogP contribution in [0, 0.1) is 13.8 Å². The van der Waals surface area contributed by atoms with E-state index in [9.17, 15) is 0 Å². The third-order valence-corrected chi connectivity index (χ3v) is 21.2. The van der Waals surface area contributed by atoms with E-state index < -0.39 is 13.5 Å². The Morgan fingerprint density at radius 2 is 0.816 bits per heavy atom. The third-order valence-electron chi connectivity index (χ3n) is 18.1. The number of para-hydroxylation sites is 1. The van der Waals surface area contributed by atoms with Crippen LogP contribution in [0.4, 0.5) is 34.1 Å². The summed E-state index contributed by atoms with van der Waals surface area (Å²) in [6.07, 6.45) is 0. The Kier molecular flexibility index (Phi) is 14.3. The average Bonchev–Trinajstić information content (AvgIpc) is 1.52.